The Balaban J connectivity index is 2.60. The fourth-order valence-corrected chi connectivity index (χ4v) is 5.16. The number of hydrogen-bond donors (Lipinski definition) is 4. The predicted octanol–water partition coefficient (Wildman–Crippen LogP) is 3.65. The average molecular weight is 666 g/mol. The molecule has 43 heavy (non-hydrogen) atoms. The smallest absolute Gasteiger partial charge is 0.329 e. The highest BCUT2D eigenvalue weighted by Gasteiger charge is 2.37. The number of rotatable bonds is 9. The molecule has 1 aromatic carbocycles. The number of nitrogens with one attached hydrogen (secondary N) is 4. The first kappa shape index (κ1) is 36.2. The van der Waals surface area contributed by atoms with Crippen LogP contribution in [0.3, 0.4) is 0 Å². The summed E-state index contributed by atoms with van der Waals surface area (Å²) in [5.41, 5.74) is 0.792. The van der Waals surface area contributed by atoms with Crippen molar-refractivity contribution in [2.24, 2.45) is 23.7 Å². The van der Waals surface area contributed by atoms with Crippen LogP contribution in [0.2, 0.25) is 0 Å². The van der Waals surface area contributed by atoms with E-state index in [2.05, 4.69) is 37.2 Å². The lowest BCUT2D eigenvalue weighted by Gasteiger charge is -2.28. The molecule has 1 aromatic rings. The summed E-state index contributed by atoms with van der Waals surface area (Å²) in [5, 5.41) is 11.2. The maximum Gasteiger partial charge on any atom is 0.329 e. The maximum atomic E-state index is 13.8. The van der Waals surface area contributed by atoms with Gasteiger partial charge in [0.1, 0.15) is 24.2 Å². The summed E-state index contributed by atoms with van der Waals surface area (Å²) in [6.07, 6.45) is -0.195. The molecule has 4 amide bonds. The van der Waals surface area contributed by atoms with E-state index in [0.717, 1.165) is 10.0 Å². The van der Waals surface area contributed by atoms with E-state index in [1.165, 1.54) is 0 Å². The molecule has 1 fully saturated rings. The highest BCUT2D eigenvalue weighted by atomic mass is 79.9. The number of cyclic esters (lactones) is 1. The van der Waals surface area contributed by atoms with Crippen LogP contribution in [0.25, 0.3) is 0 Å². The molecule has 0 saturated carbocycles. The topological polar surface area (TPSA) is 143 Å². The highest BCUT2D eigenvalue weighted by Crippen LogP contribution is 2.17. The number of esters is 1. The Labute approximate surface area is 264 Å². The van der Waals surface area contributed by atoms with Crippen molar-refractivity contribution in [3.8, 4) is 0 Å². The van der Waals surface area contributed by atoms with Gasteiger partial charge in [0, 0.05) is 10.9 Å². The molecular formula is C32H49BrN4O6. The Morgan fingerprint density at radius 3 is 1.65 bits per heavy atom. The van der Waals surface area contributed by atoms with Gasteiger partial charge in [0.15, 0.2) is 6.10 Å². The molecule has 10 nitrogen and oxygen atoms in total. The van der Waals surface area contributed by atoms with Crippen LogP contribution in [-0.4, -0.2) is 59.9 Å². The zero-order chi connectivity index (χ0) is 32.4. The number of carbonyl (C=O) groups is 5. The quantitative estimate of drug-likeness (QED) is 0.297. The monoisotopic (exact) mass is 664 g/mol. The third-order valence-corrected chi connectivity index (χ3v) is 7.65. The normalized spacial score (nSPS) is 24.7. The number of hydrogen-bond acceptors (Lipinski definition) is 6. The molecule has 240 valence electrons. The van der Waals surface area contributed by atoms with E-state index in [1.807, 2.05) is 65.8 Å². The lowest BCUT2D eigenvalue weighted by atomic mass is 9.98. The van der Waals surface area contributed by atoms with E-state index < -0.39 is 59.9 Å². The van der Waals surface area contributed by atoms with Crippen molar-refractivity contribution >= 4 is 45.5 Å². The van der Waals surface area contributed by atoms with Gasteiger partial charge in [-0.2, -0.15) is 0 Å². The minimum atomic E-state index is -1.16. The minimum absolute atomic E-state index is 0.00244. The fourth-order valence-electron chi connectivity index (χ4n) is 4.90. The number of benzene rings is 1. The van der Waals surface area contributed by atoms with Crippen molar-refractivity contribution in [3.05, 3.63) is 34.3 Å². The molecule has 1 aliphatic rings. The molecular weight excluding hydrogens is 616 g/mol. The van der Waals surface area contributed by atoms with E-state index in [9.17, 15) is 24.0 Å². The minimum Gasteiger partial charge on any atom is -0.451 e. The Morgan fingerprint density at radius 2 is 1.12 bits per heavy atom. The summed E-state index contributed by atoms with van der Waals surface area (Å²) >= 11 is 3.41. The second kappa shape index (κ2) is 16.8. The fraction of sp³-hybridized carbons (Fsp3) is 0.656. The van der Waals surface area contributed by atoms with E-state index in [-0.39, 0.29) is 42.9 Å². The number of amides is 4. The SMILES string of the molecule is CC(C)C[C@@H]1NC(=O)C(C(C)C)NC(=O)[C@H](CC(C)C)OC(=O)[C@H](CC(C)C)NC(=O)[C@H](Cc2ccc(Br)cc2)NC1=O. The first-order valence-corrected chi connectivity index (χ1v) is 16.0. The maximum absolute atomic E-state index is 13.8. The van der Waals surface area contributed by atoms with Crippen LogP contribution in [0.5, 0.6) is 0 Å². The summed E-state index contributed by atoms with van der Waals surface area (Å²) in [7, 11) is 0. The third-order valence-electron chi connectivity index (χ3n) is 7.12. The van der Waals surface area contributed by atoms with Gasteiger partial charge in [-0.05, 0) is 60.6 Å². The van der Waals surface area contributed by atoms with E-state index >= 15 is 0 Å². The number of carbonyl (C=O) groups excluding carboxylic acids is 5. The third kappa shape index (κ3) is 11.9. The molecule has 0 spiro atoms. The van der Waals surface area contributed by atoms with Crippen LogP contribution >= 0.6 is 15.9 Å². The summed E-state index contributed by atoms with van der Waals surface area (Å²) in [6.45, 7) is 15.1. The Bertz CT molecular complexity index is 1120. The Morgan fingerprint density at radius 1 is 0.628 bits per heavy atom. The van der Waals surface area contributed by atoms with Gasteiger partial charge in [-0.25, -0.2) is 4.79 Å². The summed E-state index contributed by atoms with van der Waals surface area (Å²) in [6, 6.07) is 3.35. The summed E-state index contributed by atoms with van der Waals surface area (Å²) in [4.78, 5) is 67.9. The standard InChI is InChI=1S/C32H49BrN4O6/c1-17(2)13-23-28(38)34-24(16-21-9-11-22(33)12-10-21)29(39)36-25(14-18(3)4)32(42)43-26(15-19(5)6)30(40)37-27(20(7)8)31(41)35-23/h9-12,17-20,23-27H,13-16H2,1-8H3,(H,34,38)(H,35,41)(H,36,39)(H,37,40)/t23-,24-,25-,26-,27?/m0/s1. The lowest BCUT2D eigenvalue weighted by molar-refractivity contribution is -0.160. The molecule has 5 atom stereocenters. The van der Waals surface area contributed by atoms with Crippen molar-refractivity contribution < 1.29 is 28.7 Å². The summed E-state index contributed by atoms with van der Waals surface area (Å²) < 4.78 is 6.61. The molecule has 1 aliphatic heterocycles. The van der Waals surface area contributed by atoms with Gasteiger partial charge in [-0.1, -0.05) is 83.5 Å². The zero-order valence-corrected chi connectivity index (χ0v) is 28.2. The van der Waals surface area contributed by atoms with Gasteiger partial charge >= 0.3 is 5.97 Å². The van der Waals surface area contributed by atoms with Crippen LogP contribution in [0.1, 0.15) is 80.2 Å². The molecule has 4 N–H and O–H groups in total. The van der Waals surface area contributed by atoms with E-state index in [4.69, 9.17) is 4.74 Å². The molecule has 0 bridgehead atoms. The van der Waals surface area contributed by atoms with Gasteiger partial charge in [-0.3, -0.25) is 19.2 Å². The molecule has 0 aromatic heterocycles. The van der Waals surface area contributed by atoms with Crippen molar-refractivity contribution in [3.63, 3.8) is 0 Å². The van der Waals surface area contributed by atoms with Crippen LogP contribution in [-0.2, 0) is 35.1 Å². The summed E-state index contributed by atoms with van der Waals surface area (Å²) in [5.74, 6) is -3.21. The lowest BCUT2D eigenvalue weighted by Crippen LogP contribution is -2.59. The van der Waals surface area contributed by atoms with E-state index in [1.54, 1.807) is 13.8 Å². The van der Waals surface area contributed by atoms with Crippen molar-refractivity contribution in [2.45, 2.75) is 111 Å². The Hall–Kier alpha value is -2.95. The van der Waals surface area contributed by atoms with Crippen molar-refractivity contribution in [1.29, 1.82) is 0 Å². The van der Waals surface area contributed by atoms with E-state index in [0.29, 0.717) is 6.42 Å². The number of halogens is 1. The van der Waals surface area contributed by atoms with Crippen LogP contribution < -0.4 is 21.3 Å². The Kier molecular flexibility index (Phi) is 14.1. The van der Waals surface area contributed by atoms with Gasteiger partial charge in [0.05, 0.1) is 0 Å². The largest absolute Gasteiger partial charge is 0.451 e. The first-order valence-electron chi connectivity index (χ1n) is 15.2. The zero-order valence-electron chi connectivity index (χ0n) is 26.7. The van der Waals surface area contributed by atoms with Crippen LogP contribution in [0.4, 0.5) is 0 Å². The van der Waals surface area contributed by atoms with Crippen molar-refractivity contribution in [1.82, 2.24) is 21.3 Å². The first-order chi connectivity index (χ1) is 20.1. The number of ether oxygens (including phenoxy) is 1. The van der Waals surface area contributed by atoms with Crippen LogP contribution in [0, 0.1) is 23.7 Å². The van der Waals surface area contributed by atoms with Gasteiger partial charge in [0.25, 0.3) is 5.91 Å². The predicted molar refractivity (Wildman–Crippen MR) is 169 cm³/mol. The molecule has 2 rings (SSSR count). The second-order valence-corrected chi connectivity index (χ2v) is 14.0. The van der Waals surface area contributed by atoms with Gasteiger partial charge in [0.2, 0.25) is 17.7 Å². The average Bonchev–Trinajstić information content (AvgIpc) is 2.89. The highest BCUT2D eigenvalue weighted by molar-refractivity contribution is 9.10. The molecule has 1 heterocycles. The second-order valence-electron chi connectivity index (χ2n) is 13.1. The molecule has 0 aliphatic carbocycles. The molecule has 1 saturated heterocycles. The molecule has 11 heteroatoms. The van der Waals surface area contributed by atoms with Gasteiger partial charge < -0.3 is 26.0 Å². The van der Waals surface area contributed by atoms with Crippen LogP contribution in [0.15, 0.2) is 28.7 Å². The van der Waals surface area contributed by atoms with Gasteiger partial charge in [-0.15, -0.1) is 0 Å². The molecule has 1 unspecified atom stereocenters. The molecule has 0 radical (unpaired) electrons. The van der Waals surface area contributed by atoms with Crippen molar-refractivity contribution in [2.75, 3.05) is 0 Å².